The van der Waals surface area contributed by atoms with Crippen LogP contribution in [0.5, 0.6) is 5.75 Å². The Morgan fingerprint density at radius 1 is 1.32 bits per heavy atom. The Kier molecular flexibility index (Phi) is 3.55. The minimum atomic E-state index is -4.71. The lowest BCUT2D eigenvalue weighted by molar-refractivity contribution is -0.274. The van der Waals surface area contributed by atoms with Gasteiger partial charge in [-0.1, -0.05) is 0 Å². The van der Waals surface area contributed by atoms with Crippen LogP contribution >= 0.6 is 0 Å². The Hall–Kier alpha value is -1.92. The Morgan fingerprint density at radius 2 is 1.95 bits per heavy atom. The minimum absolute atomic E-state index is 0.296. The van der Waals surface area contributed by atoms with E-state index in [-0.39, 0.29) is 5.75 Å². The molecule has 0 aliphatic carbocycles. The molecule has 1 radical (unpaired) electrons. The van der Waals surface area contributed by atoms with Gasteiger partial charge in [-0.15, -0.1) is 13.2 Å². The molecule has 1 heterocycles. The van der Waals surface area contributed by atoms with Crippen molar-refractivity contribution in [2.75, 3.05) is 11.4 Å². The van der Waals surface area contributed by atoms with E-state index in [1.54, 1.807) is 11.3 Å². The van der Waals surface area contributed by atoms with E-state index in [0.717, 1.165) is 0 Å². The summed E-state index contributed by atoms with van der Waals surface area (Å²) in [4.78, 5) is 13.0. The van der Waals surface area contributed by atoms with E-state index in [1.165, 1.54) is 24.3 Å². The Bertz CT molecular complexity index is 459. The van der Waals surface area contributed by atoms with Crippen LogP contribution in [0, 0.1) is 6.42 Å². The summed E-state index contributed by atoms with van der Waals surface area (Å²) in [6, 6.07) is 4.83. The maximum atomic E-state index is 12.0. The number of nitrogens with two attached hydrogens (primary N) is 1. The van der Waals surface area contributed by atoms with Gasteiger partial charge in [-0.2, -0.15) is 0 Å². The molecular formula is C12H12F3N2O2. The summed E-state index contributed by atoms with van der Waals surface area (Å²) in [5.41, 5.74) is 5.88. The second-order valence-electron chi connectivity index (χ2n) is 4.11. The smallest absolute Gasteiger partial charge is 0.406 e. The van der Waals surface area contributed by atoms with Gasteiger partial charge in [-0.25, -0.2) is 0 Å². The topological polar surface area (TPSA) is 55.6 Å². The molecule has 1 fully saturated rings. The molecular weight excluding hydrogens is 261 g/mol. The molecule has 0 spiro atoms. The number of primary amides is 1. The molecule has 1 amide bonds. The molecule has 4 nitrogen and oxygen atoms in total. The molecule has 1 aromatic rings. The number of hydrogen-bond donors (Lipinski definition) is 1. The van der Waals surface area contributed by atoms with Crippen molar-refractivity contribution in [3.63, 3.8) is 0 Å². The number of ether oxygens (including phenoxy) is 1. The molecule has 0 saturated carbocycles. The van der Waals surface area contributed by atoms with Crippen LogP contribution in [-0.4, -0.2) is 24.9 Å². The van der Waals surface area contributed by atoms with Crippen molar-refractivity contribution < 1.29 is 22.7 Å². The third kappa shape index (κ3) is 3.30. The monoisotopic (exact) mass is 273 g/mol. The fraction of sp³-hybridized carbons (Fsp3) is 0.333. The average Bonchev–Trinajstić information content (AvgIpc) is 2.76. The average molecular weight is 273 g/mol. The minimum Gasteiger partial charge on any atom is -0.406 e. The number of rotatable bonds is 3. The molecule has 2 N–H and O–H groups in total. The van der Waals surface area contributed by atoms with Crippen molar-refractivity contribution in [2.24, 2.45) is 5.73 Å². The van der Waals surface area contributed by atoms with Crippen LogP contribution in [0.4, 0.5) is 18.9 Å². The molecule has 1 aromatic carbocycles. The van der Waals surface area contributed by atoms with Crippen molar-refractivity contribution in [3.8, 4) is 5.75 Å². The zero-order chi connectivity index (χ0) is 14.0. The van der Waals surface area contributed by atoms with Crippen molar-refractivity contribution >= 4 is 11.6 Å². The van der Waals surface area contributed by atoms with Gasteiger partial charge in [0.25, 0.3) is 0 Å². The number of carbonyl (C=O) groups excluding carboxylic acids is 1. The number of anilines is 1. The summed E-state index contributed by atoms with van der Waals surface area (Å²) >= 11 is 0. The predicted octanol–water partition coefficient (Wildman–Crippen LogP) is 1.85. The van der Waals surface area contributed by atoms with Gasteiger partial charge in [-0.05, 0) is 37.1 Å². The van der Waals surface area contributed by atoms with Crippen molar-refractivity contribution in [2.45, 2.75) is 18.8 Å². The lowest BCUT2D eigenvalue weighted by Gasteiger charge is -2.24. The first-order chi connectivity index (χ1) is 8.87. The standard InChI is InChI=1S/C12H12F3N2O2/c13-12(14,15)19-9-5-3-8(4-6-9)17-7-1-2-10(17)11(16)18/h2-6,10H,1,7H2,(H2,16,18). The quantitative estimate of drug-likeness (QED) is 0.914. The van der Waals surface area contributed by atoms with Gasteiger partial charge in [-0.3, -0.25) is 4.79 Å². The maximum Gasteiger partial charge on any atom is 0.573 e. The van der Waals surface area contributed by atoms with Crippen LogP contribution in [0.25, 0.3) is 0 Å². The molecule has 19 heavy (non-hydrogen) atoms. The lowest BCUT2D eigenvalue weighted by Crippen LogP contribution is -2.40. The van der Waals surface area contributed by atoms with Crippen LogP contribution < -0.4 is 15.4 Å². The lowest BCUT2D eigenvalue weighted by atomic mass is 10.2. The number of benzene rings is 1. The number of halogens is 3. The Labute approximate surface area is 107 Å². The molecule has 0 bridgehead atoms. The van der Waals surface area contributed by atoms with Gasteiger partial charge >= 0.3 is 6.36 Å². The summed E-state index contributed by atoms with van der Waals surface area (Å²) in [7, 11) is 0. The highest BCUT2D eigenvalue weighted by Crippen LogP contribution is 2.28. The largest absolute Gasteiger partial charge is 0.573 e. The summed E-state index contributed by atoms with van der Waals surface area (Å²) in [5, 5.41) is 0. The van der Waals surface area contributed by atoms with Crippen molar-refractivity contribution in [1.29, 1.82) is 0 Å². The molecule has 1 unspecified atom stereocenters. The number of carbonyl (C=O) groups is 1. The van der Waals surface area contributed by atoms with Gasteiger partial charge in [0.05, 0.1) is 0 Å². The molecule has 1 aliphatic rings. The third-order valence-electron chi connectivity index (χ3n) is 2.79. The van der Waals surface area contributed by atoms with E-state index in [0.29, 0.717) is 18.7 Å². The van der Waals surface area contributed by atoms with Crippen LogP contribution in [0.15, 0.2) is 24.3 Å². The number of hydrogen-bond acceptors (Lipinski definition) is 3. The van der Waals surface area contributed by atoms with Gasteiger partial charge in [0.15, 0.2) is 0 Å². The molecule has 1 saturated heterocycles. The zero-order valence-electron chi connectivity index (χ0n) is 9.85. The van der Waals surface area contributed by atoms with E-state index in [9.17, 15) is 18.0 Å². The summed E-state index contributed by atoms with van der Waals surface area (Å²) < 4.78 is 39.8. The Balaban J connectivity index is 2.12. The normalized spacial score (nSPS) is 19.5. The number of nitrogens with zero attached hydrogens (tertiary/aromatic N) is 1. The summed E-state index contributed by atoms with van der Waals surface area (Å²) in [6.45, 7) is 0.604. The van der Waals surface area contributed by atoms with E-state index >= 15 is 0 Å². The van der Waals surface area contributed by atoms with Crippen molar-refractivity contribution in [1.82, 2.24) is 0 Å². The fourth-order valence-electron chi connectivity index (χ4n) is 2.04. The zero-order valence-corrected chi connectivity index (χ0v) is 9.85. The molecule has 103 valence electrons. The highest BCUT2D eigenvalue weighted by molar-refractivity contribution is 5.86. The van der Waals surface area contributed by atoms with Gasteiger partial charge in [0, 0.05) is 12.2 Å². The summed E-state index contributed by atoms with van der Waals surface area (Å²) in [5.74, 6) is -0.775. The first kappa shape index (κ1) is 13.5. The van der Waals surface area contributed by atoms with E-state index in [1.807, 2.05) is 0 Å². The highest BCUT2D eigenvalue weighted by Gasteiger charge is 2.32. The second kappa shape index (κ2) is 4.99. The van der Waals surface area contributed by atoms with E-state index in [2.05, 4.69) is 4.74 Å². The van der Waals surface area contributed by atoms with Gasteiger partial charge < -0.3 is 15.4 Å². The predicted molar refractivity (Wildman–Crippen MR) is 62.4 cm³/mol. The van der Waals surface area contributed by atoms with Crippen LogP contribution in [0.3, 0.4) is 0 Å². The van der Waals surface area contributed by atoms with Crippen LogP contribution in [-0.2, 0) is 4.79 Å². The third-order valence-corrected chi connectivity index (χ3v) is 2.79. The Morgan fingerprint density at radius 3 is 2.47 bits per heavy atom. The van der Waals surface area contributed by atoms with Crippen molar-refractivity contribution in [3.05, 3.63) is 30.7 Å². The molecule has 1 aliphatic heterocycles. The molecule has 2 rings (SSSR count). The highest BCUT2D eigenvalue weighted by atomic mass is 19.4. The SMILES string of the molecule is NC(=O)C1[CH]CCN1c1ccc(OC(F)(F)F)cc1. The second-order valence-corrected chi connectivity index (χ2v) is 4.11. The molecule has 7 heteroatoms. The van der Waals surface area contributed by atoms with E-state index in [4.69, 9.17) is 5.73 Å². The fourth-order valence-corrected chi connectivity index (χ4v) is 2.04. The summed E-state index contributed by atoms with van der Waals surface area (Å²) in [6.07, 6.45) is -2.23. The maximum absolute atomic E-state index is 12.0. The molecule has 1 atom stereocenters. The molecule has 0 aromatic heterocycles. The first-order valence-electron chi connectivity index (χ1n) is 5.62. The number of alkyl halides is 3. The first-order valence-corrected chi connectivity index (χ1v) is 5.62. The van der Waals surface area contributed by atoms with Gasteiger partial charge in [0.1, 0.15) is 11.8 Å². The van der Waals surface area contributed by atoms with Crippen LogP contribution in [0.1, 0.15) is 6.42 Å². The van der Waals surface area contributed by atoms with Crippen LogP contribution in [0.2, 0.25) is 0 Å². The number of amides is 1. The van der Waals surface area contributed by atoms with Gasteiger partial charge in [0.2, 0.25) is 5.91 Å². The van der Waals surface area contributed by atoms with E-state index < -0.39 is 18.3 Å².